The number of nitrogens with zero attached hydrogens (tertiary/aromatic N) is 5. The molecule has 0 saturated heterocycles. The predicted molar refractivity (Wildman–Crippen MR) is 130 cm³/mol. The van der Waals surface area contributed by atoms with Gasteiger partial charge in [-0.3, -0.25) is 4.79 Å². The molecule has 0 bridgehead atoms. The van der Waals surface area contributed by atoms with Crippen LogP contribution in [0.4, 0.5) is 4.39 Å². The molecule has 1 aliphatic heterocycles. The van der Waals surface area contributed by atoms with Crippen molar-refractivity contribution in [3.8, 4) is 11.4 Å². The van der Waals surface area contributed by atoms with Crippen molar-refractivity contribution in [1.29, 1.82) is 0 Å². The van der Waals surface area contributed by atoms with Crippen LogP contribution in [0.25, 0.3) is 5.69 Å². The Labute approximate surface area is 207 Å². The Morgan fingerprint density at radius 1 is 1.25 bits per heavy atom. The molecule has 1 amide bonds. The zero-order valence-corrected chi connectivity index (χ0v) is 20.4. The SMILES string of the molecule is COc1ccc(-n2cc(C)nn2)c(CNC(=O)c2cnc(Cc3ccc4c(c3)CN(C)CC4)o2)c1F. The Hall–Kier alpha value is -4.05. The van der Waals surface area contributed by atoms with Crippen LogP contribution in [0.2, 0.25) is 0 Å². The second-order valence-corrected chi connectivity index (χ2v) is 8.95. The smallest absolute Gasteiger partial charge is 0.288 e. The largest absolute Gasteiger partial charge is 0.494 e. The molecule has 0 unspecified atom stereocenters. The number of ether oxygens (including phenoxy) is 1. The van der Waals surface area contributed by atoms with Crippen molar-refractivity contribution in [2.24, 2.45) is 0 Å². The fourth-order valence-corrected chi connectivity index (χ4v) is 4.38. The molecular formula is C26H27FN6O3. The van der Waals surface area contributed by atoms with Crippen LogP contribution in [0.3, 0.4) is 0 Å². The average Bonchev–Trinajstić information content (AvgIpc) is 3.51. The minimum absolute atomic E-state index is 0.0594. The van der Waals surface area contributed by atoms with Crippen LogP contribution >= 0.6 is 0 Å². The first-order valence-corrected chi connectivity index (χ1v) is 11.7. The number of aromatic nitrogens is 4. The second kappa shape index (κ2) is 9.90. The Bertz CT molecular complexity index is 1410. The van der Waals surface area contributed by atoms with Gasteiger partial charge in [-0.05, 0) is 49.2 Å². The van der Waals surface area contributed by atoms with E-state index in [2.05, 4.69) is 50.8 Å². The Morgan fingerprint density at radius 3 is 2.89 bits per heavy atom. The summed E-state index contributed by atoms with van der Waals surface area (Å²) >= 11 is 0. The summed E-state index contributed by atoms with van der Waals surface area (Å²) in [4.78, 5) is 19.4. The molecule has 2 aromatic carbocycles. The topological polar surface area (TPSA) is 98.3 Å². The third kappa shape index (κ3) is 4.85. The van der Waals surface area contributed by atoms with Crippen molar-refractivity contribution >= 4 is 5.91 Å². The third-order valence-electron chi connectivity index (χ3n) is 6.29. The molecule has 0 saturated carbocycles. The van der Waals surface area contributed by atoms with E-state index >= 15 is 4.39 Å². The highest BCUT2D eigenvalue weighted by atomic mass is 19.1. The van der Waals surface area contributed by atoms with Gasteiger partial charge in [-0.1, -0.05) is 23.4 Å². The van der Waals surface area contributed by atoms with Crippen molar-refractivity contribution < 1.29 is 18.3 Å². The van der Waals surface area contributed by atoms with Crippen molar-refractivity contribution in [3.63, 3.8) is 0 Å². The summed E-state index contributed by atoms with van der Waals surface area (Å²) in [5.74, 6) is -0.513. The van der Waals surface area contributed by atoms with E-state index in [0.717, 1.165) is 25.1 Å². The van der Waals surface area contributed by atoms with E-state index in [1.54, 1.807) is 19.2 Å². The van der Waals surface area contributed by atoms with Crippen LogP contribution in [0.1, 0.15) is 44.4 Å². The highest BCUT2D eigenvalue weighted by Gasteiger charge is 2.20. The first-order chi connectivity index (χ1) is 17.4. The van der Waals surface area contributed by atoms with Gasteiger partial charge in [0.05, 0.1) is 30.9 Å². The molecule has 1 N–H and O–H groups in total. The van der Waals surface area contributed by atoms with E-state index in [0.29, 0.717) is 23.7 Å². The molecule has 9 nitrogen and oxygen atoms in total. The minimum atomic E-state index is -0.584. The van der Waals surface area contributed by atoms with Gasteiger partial charge in [-0.15, -0.1) is 5.10 Å². The number of carbonyl (C=O) groups excluding carboxylic acids is 1. The number of halogens is 1. The number of hydrogen-bond acceptors (Lipinski definition) is 7. The predicted octanol–water partition coefficient (Wildman–Crippen LogP) is 3.22. The molecule has 0 spiro atoms. The van der Waals surface area contributed by atoms with Crippen LogP contribution < -0.4 is 10.1 Å². The molecule has 1 aliphatic rings. The van der Waals surface area contributed by atoms with Crippen molar-refractivity contribution in [2.75, 3.05) is 20.7 Å². The number of oxazole rings is 1. The molecule has 0 fully saturated rings. The lowest BCUT2D eigenvalue weighted by Gasteiger charge is -2.25. The first-order valence-electron chi connectivity index (χ1n) is 11.7. The van der Waals surface area contributed by atoms with E-state index in [9.17, 15) is 4.79 Å². The second-order valence-electron chi connectivity index (χ2n) is 8.95. The number of hydrogen-bond donors (Lipinski definition) is 1. The highest BCUT2D eigenvalue weighted by molar-refractivity contribution is 5.91. The molecular weight excluding hydrogens is 463 g/mol. The zero-order chi connectivity index (χ0) is 25.2. The molecule has 4 aromatic rings. The first kappa shape index (κ1) is 23.7. The van der Waals surface area contributed by atoms with Gasteiger partial charge in [-0.2, -0.15) is 0 Å². The van der Waals surface area contributed by atoms with Crippen LogP contribution in [0.15, 0.2) is 47.1 Å². The zero-order valence-electron chi connectivity index (χ0n) is 20.4. The lowest BCUT2D eigenvalue weighted by atomic mass is 9.97. The van der Waals surface area contributed by atoms with Gasteiger partial charge < -0.3 is 19.4 Å². The number of nitrogens with one attached hydrogen (secondary N) is 1. The van der Waals surface area contributed by atoms with E-state index in [1.807, 2.05) is 0 Å². The fraction of sp³-hybridized carbons (Fsp3) is 0.308. The van der Waals surface area contributed by atoms with Gasteiger partial charge in [-0.25, -0.2) is 14.1 Å². The summed E-state index contributed by atoms with van der Waals surface area (Å²) in [7, 11) is 3.50. The summed E-state index contributed by atoms with van der Waals surface area (Å²) in [6.07, 6.45) is 4.58. The molecule has 5 rings (SSSR count). The molecule has 0 atom stereocenters. The number of rotatable bonds is 7. The van der Waals surface area contributed by atoms with Gasteiger partial charge in [0.1, 0.15) is 0 Å². The normalized spacial score (nSPS) is 13.4. The number of methoxy groups -OCH3 is 1. The van der Waals surface area contributed by atoms with Crippen molar-refractivity contribution in [2.45, 2.75) is 32.9 Å². The molecule has 36 heavy (non-hydrogen) atoms. The van der Waals surface area contributed by atoms with Crippen LogP contribution in [0, 0.1) is 12.7 Å². The Balaban J connectivity index is 1.29. The van der Waals surface area contributed by atoms with E-state index < -0.39 is 11.7 Å². The Kier molecular flexibility index (Phi) is 6.51. The third-order valence-corrected chi connectivity index (χ3v) is 6.29. The molecule has 186 valence electrons. The molecule has 0 radical (unpaired) electrons. The summed E-state index contributed by atoms with van der Waals surface area (Å²) < 4.78 is 27.4. The van der Waals surface area contributed by atoms with Crippen molar-refractivity contribution in [3.05, 3.63) is 88.1 Å². The van der Waals surface area contributed by atoms with E-state index in [4.69, 9.17) is 9.15 Å². The number of fused-ring (bicyclic) bond motifs is 1. The maximum Gasteiger partial charge on any atom is 0.288 e. The van der Waals surface area contributed by atoms with Gasteiger partial charge in [0.15, 0.2) is 17.5 Å². The van der Waals surface area contributed by atoms with E-state index in [1.165, 1.54) is 35.2 Å². The number of amides is 1. The number of benzene rings is 2. The lowest BCUT2D eigenvalue weighted by Crippen LogP contribution is -2.26. The number of carbonyl (C=O) groups is 1. The van der Waals surface area contributed by atoms with Gasteiger partial charge in [0.2, 0.25) is 5.76 Å². The summed E-state index contributed by atoms with van der Waals surface area (Å²) in [6.45, 7) is 3.66. The van der Waals surface area contributed by atoms with Crippen molar-refractivity contribution in [1.82, 2.24) is 30.2 Å². The summed E-state index contributed by atoms with van der Waals surface area (Å²) in [6, 6.07) is 9.58. The quantitative estimate of drug-likeness (QED) is 0.425. The molecule has 3 heterocycles. The van der Waals surface area contributed by atoms with Gasteiger partial charge in [0.25, 0.3) is 5.91 Å². The molecule has 0 aliphatic carbocycles. The Morgan fingerprint density at radius 2 is 2.11 bits per heavy atom. The monoisotopic (exact) mass is 490 g/mol. The minimum Gasteiger partial charge on any atom is -0.494 e. The fourth-order valence-electron chi connectivity index (χ4n) is 4.38. The van der Waals surface area contributed by atoms with Crippen LogP contribution in [0.5, 0.6) is 5.75 Å². The highest BCUT2D eigenvalue weighted by Crippen LogP contribution is 2.26. The summed E-state index contributed by atoms with van der Waals surface area (Å²) in [5, 5.41) is 10.7. The van der Waals surface area contributed by atoms with Crippen LogP contribution in [-0.2, 0) is 25.9 Å². The number of likely N-dealkylation sites (N-methyl/N-ethyl adjacent to an activating group) is 1. The van der Waals surface area contributed by atoms with Gasteiger partial charge in [0, 0.05) is 31.6 Å². The maximum absolute atomic E-state index is 15.1. The van der Waals surface area contributed by atoms with E-state index in [-0.39, 0.29) is 23.6 Å². The van der Waals surface area contributed by atoms with Gasteiger partial charge >= 0.3 is 0 Å². The summed E-state index contributed by atoms with van der Waals surface area (Å²) in [5.41, 5.74) is 5.10. The average molecular weight is 491 g/mol. The lowest BCUT2D eigenvalue weighted by molar-refractivity contribution is 0.0921. The standard InChI is InChI=1S/C26H27FN6O3/c1-16-14-33(31-30-16)21-6-7-22(35-3)25(27)20(21)12-29-26(34)23-13-28-24(36-23)11-17-4-5-18-8-9-32(2)15-19(18)10-17/h4-7,10,13-14H,8-9,11-12,15H2,1-3H3,(H,29,34). The molecule has 2 aromatic heterocycles. The van der Waals surface area contributed by atoms with Crippen LogP contribution in [-0.4, -0.2) is 51.5 Å². The molecule has 10 heteroatoms. The number of aryl methyl sites for hydroxylation is 1. The maximum atomic E-state index is 15.1.